The van der Waals surface area contributed by atoms with E-state index >= 15 is 0 Å². The molecule has 0 amide bonds. The van der Waals surface area contributed by atoms with Crippen molar-refractivity contribution in [3.05, 3.63) is 55.9 Å². The Labute approximate surface area is 121 Å². The summed E-state index contributed by atoms with van der Waals surface area (Å²) < 4.78 is 14.0. The lowest BCUT2D eigenvalue weighted by Crippen LogP contribution is -1.93. The Morgan fingerprint density at radius 1 is 1.29 bits per heavy atom. The zero-order valence-corrected chi connectivity index (χ0v) is 13.2. The van der Waals surface area contributed by atoms with Gasteiger partial charge in [-0.05, 0) is 46.1 Å². The Kier molecular flexibility index (Phi) is 4.39. The highest BCUT2D eigenvalue weighted by Gasteiger charge is 2.17. The highest BCUT2D eigenvalue weighted by molar-refractivity contribution is 9.11. The van der Waals surface area contributed by atoms with Crippen molar-refractivity contribution in [2.24, 2.45) is 0 Å². The molecule has 1 aromatic heterocycles. The smallest absolute Gasteiger partial charge is 0.137 e. The summed E-state index contributed by atoms with van der Waals surface area (Å²) in [5.41, 5.74) is 0.925. The van der Waals surface area contributed by atoms with Crippen molar-refractivity contribution >= 4 is 43.2 Å². The largest absolute Gasteiger partial charge is 0.206 e. The summed E-state index contributed by atoms with van der Waals surface area (Å²) in [5.74, 6) is -0.223. The van der Waals surface area contributed by atoms with Crippen LogP contribution in [0, 0.1) is 5.82 Å². The van der Waals surface area contributed by atoms with Crippen LogP contribution in [0.3, 0.4) is 0 Å². The van der Waals surface area contributed by atoms with Crippen molar-refractivity contribution in [2.45, 2.75) is 18.2 Å². The Balaban J connectivity index is 2.36. The summed E-state index contributed by atoms with van der Waals surface area (Å²) in [6, 6.07) is 9.34. The second-order valence-corrected chi connectivity index (χ2v) is 6.57. The van der Waals surface area contributed by atoms with Crippen LogP contribution in [0.15, 0.2) is 34.8 Å². The molecule has 0 aliphatic rings. The first kappa shape index (κ1) is 13.2. The Hall–Kier alpha value is -0.190. The fourth-order valence-corrected chi connectivity index (χ4v) is 4.15. The summed E-state index contributed by atoms with van der Waals surface area (Å²) in [6.45, 7) is 2.14. The molecule has 0 spiro atoms. The third kappa shape index (κ3) is 2.80. The summed E-state index contributed by atoms with van der Waals surface area (Å²) in [7, 11) is 0. The first-order chi connectivity index (χ1) is 8.13. The minimum atomic E-state index is -0.223. The van der Waals surface area contributed by atoms with Gasteiger partial charge >= 0.3 is 0 Å². The van der Waals surface area contributed by atoms with Gasteiger partial charge in [0.05, 0.1) is 9.30 Å². The topological polar surface area (TPSA) is 0 Å². The van der Waals surface area contributed by atoms with Gasteiger partial charge in [0.1, 0.15) is 5.82 Å². The molecule has 17 heavy (non-hydrogen) atoms. The predicted octanol–water partition coefficient (Wildman–Crippen LogP) is 5.70. The highest BCUT2D eigenvalue weighted by Crippen LogP contribution is 2.39. The number of hydrogen-bond donors (Lipinski definition) is 0. The van der Waals surface area contributed by atoms with Crippen molar-refractivity contribution in [1.82, 2.24) is 0 Å². The van der Waals surface area contributed by atoms with Crippen LogP contribution in [0.5, 0.6) is 0 Å². The maximum Gasteiger partial charge on any atom is 0.137 e. The maximum absolute atomic E-state index is 13.5. The number of benzene rings is 1. The van der Waals surface area contributed by atoms with Crippen LogP contribution in [-0.4, -0.2) is 0 Å². The second kappa shape index (κ2) is 5.63. The zero-order chi connectivity index (χ0) is 12.4. The van der Waals surface area contributed by atoms with Crippen molar-refractivity contribution in [3.63, 3.8) is 0 Å². The Morgan fingerprint density at radius 2 is 2.06 bits per heavy atom. The third-order valence-electron chi connectivity index (χ3n) is 2.54. The van der Waals surface area contributed by atoms with Gasteiger partial charge in [-0.2, -0.15) is 0 Å². The van der Waals surface area contributed by atoms with Crippen LogP contribution in [0.1, 0.15) is 27.1 Å². The SMILES string of the molecule is CCc1ccc(C(Br)c2cccc(F)c2Br)s1. The Bertz CT molecular complexity index is 522. The zero-order valence-electron chi connectivity index (χ0n) is 9.21. The second-order valence-electron chi connectivity index (χ2n) is 3.66. The highest BCUT2D eigenvalue weighted by atomic mass is 79.9. The van der Waals surface area contributed by atoms with Gasteiger partial charge in [-0.25, -0.2) is 4.39 Å². The lowest BCUT2D eigenvalue weighted by atomic mass is 10.1. The van der Waals surface area contributed by atoms with E-state index in [-0.39, 0.29) is 10.6 Å². The molecule has 2 rings (SSSR count). The number of hydrogen-bond acceptors (Lipinski definition) is 1. The number of aryl methyl sites for hydroxylation is 1. The molecule has 4 heteroatoms. The van der Waals surface area contributed by atoms with Crippen molar-refractivity contribution < 1.29 is 4.39 Å². The Morgan fingerprint density at radius 3 is 2.71 bits per heavy atom. The number of thiophene rings is 1. The predicted molar refractivity (Wildman–Crippen MR) is 78.6 cm³/mol. The molecule has 0 bridgehead atoms. The van der Waals surface area contributed by atoms with Gasteiger partial charge in [0.2, 0.25) is 0 Å². The van der Waals surface area contributed by atoms with Gasteiger partial charge < -0.3 is 0 Å². The lowest BCUT2D eigenvalue weighted by Gasteiger charge is -2.10. The monoisotopic (exact) mass is 376 g/mol. The van der Waals surface area contributed by atoms with E-state index < -0.39 is 0 Å². The minimum absolute atomic E-state index is 0.0397. The molecule has 0 nitrogen and oxygen atoms in total. The quantitative estimate of drug-likeness (QED) is 0.602. The van der Waals surface area contributed by atoms with Gasteiger partial charge in [-0.15, -0.1) is 11.3 Å². The van der Waals surface area contributed by atoms with Crippen molar-refractivity contribution in [1.29, 1.82) is 0 Å². The van der Waals surface area contributed by atoms with Gasteiger partial charge in [-0.1, -0.05) is 35.0 Å². The van der Waals surface area contributed by atoms with E-state index in [2.05, 4.69) is 50.9 Å². The number of rotatable bonds is 3. The van der Waals surface area contributed by atoms with E-state index in [0.29, 0.717) is 4.47 Å². The van der Waals surface area contributed by atoms with Gasteiger partial charge in [-0.3, -0.25) is 0 Å². The molecule has 0 fully saturated rings. The fourth-order valence-electron chi connectivity index (χ4n) is 1.59. The molecule has 2 aromatic rings. The van der Waals surface area contributed by atoms with Gasteiger partial charge in [0, 0.05) is 9.75 Å². The minimum Gasteiger partial charge on any atom is -0.206 e. The first-order valence-electron chi connectivity index (χ1n) is 5.30. The van der Waals surface area contributed by atoms with Gasteiger partial charge in [0.15, 0.2) is 0 Å². The lowest BCUT2D eigenvalue weighted by molar-refractivity contribution is 0.619. The molecule has 0 aliphatic carbocycles. The summed E-state index contributed by atoms with van der Waals surface area (Å²) in [4.78, 5) is 2.59. The first-order valence-corrected chi connectivity index (χ1v) is 7.82. The molecule has 1 unspecified atom stereocenters. The van der Waals surface area contributed by atoms with E-state index in [1.165, 1.54) is 15.8 Å². The molecule has 0 aliphatic heterocycles. The fraction of sp³-hybridized carbons (Fsp3) is 0.231. The molecule has 0 saturated carbocycles. The molecule has 0 N–H and O–H groups in total. The standard InChI is InChI=1S/C13H11Br2FS/c1-2-8-6-7-11(17-8)13(15)9-4-3-5-10(16)12(9)14/h3-7,13H,2H2,1H3. The van der Waals surface area contributed by atoms with Crippen molar-refractivity contribution in [2.75, 3.05) is 0 Å². The van der Waals surface area contributed by atoms with E-state index in [1.54, 1.807) is 17.4 Å². The average molecular weight is 378 g/mol. The number of halogens is 3. The summed E-state index contributed by atoms with van der Waals surface area (Å²) >= 11 is 8.70. The molecule has 1 aromatic carbocycles. The summed E-state index contributed by atoms with van der Waals surface area (Å²) in [6.07, 6.45) is 1.04. The van der Waals surface area contributed by atoms with Gasteiger partial charge in [0.25, 0.3) is 0 Å². The summed E-state index contributed by atoms with van der Waals surface area (Å²) in [5, 5.41) is 0. The van der Waals surface area contributed by atoms with Crippen LogP contribution in [-0.2, 0) is 6.42 Å². The van der Waals surface area contributed by atoms with Crippen LogP contribution >= 0.6 is 43.2 Å². The van der Waals surface area contributed by atoms with E-state index in [9.17, 15) is 4.39 Å². The van der Waals surface area contributed by atoms with Crippen LogP contribution in [0.25, 0.3) is 0 Å². The maximum atomic E-state index is 13.5. The van der Waals surface area contributed by atoms with E-state index in [4.69, 9.17) is 0 Å². The van der Waals surface area contributed by atoms with E-state index in [1.807, 2.05) is 6.07 Å². The average Bonchev–Trinajstić information content (AvgIpc) is 2.80. The molecule has 0 radical (unpaired) electrons. The molecule has 90 valence electrons. The van der Waals surface area contributed by atoms with Crippen LogP contribution < -0.4 is 0 Å². The molecular weight excluding hydrogens is 367 g/mol. The normalized spacial score (nSPS) is 12.7. The van der Waals surface area contributed by atoms with Crippen molar-refractivity contribution in [3.8, 4) is 0 Å². The molecule has 1 heterocycles. The molecular formula is C13H11Br2FS. The van der Waals surface area contributed by atoms with E-state index in [0.717, 1.165) is 12.0 Å². The molecule has 1 atom stereocenters. The van der Waals surface area contributed by atoms with Crippen LogP contribution in [0.4, 0.5) is 4.39 Å². The number of alkyl halides is 1. The molecule has 0 saturated heterocycles. The van der Waals surface area contributed by atoms with Crippen LogP contribution in [0.2, 0.25) is 0 Å². The third-order valence-corrected chi connectivity index (χ3v) is 5.96.